The molecule has 0 aliphatic heterocycles. The molecule has 0 saturated carbocycles. The normalized spacial score (nSPS) is 11.8. The lowest BCUT2D eigenvalue weighted by atomic mass is 10.0. The number of amides is 1. The number of benzene rings is 3. The number of halogens is 2. The molecule has 2 nitrogen and oxygen atoms in total. The summed E-state index contributed by atoms with van der Waals surface area (Å²) in [5, 5.41) is 3.16. The fourth-order valence-electron chi connectivity index (χ4n) is 2.83. The highest BCUT2D eigenvalue weighted by atomic mass is 35.5. The quantitative estimate of drug-likeness (QED) is 0.627. The van der Waals surface area contributed by atoms with Crippen molar-refractivity contribution in [2.45, 2.75) is 19.4 Å². The van der Waals surface area contributed by atoms with Crippen molar-refractivity contribution in [1.82, 2.24) is 5.32 Å². The summed E-state index contributed by atoms with van der Waals surface area (Å²) in [6.45, 7) is 1.90. The standard InChI is InChI=1S/C22H19ClFNO/c1-15(25-22(26)14-19-20(23)8-5-9-21(19)24)16-10-12-18(13-11-16)17-6-3-2-4-7-17/h2-13,15H,14H2,1H3,(H,25,26)/t15-/m0/s1. The molecule has 0 aliphatic carbocycles. The van der Waals surface area contributed by atoms with E-state index in [2.05, 4.69) is 17.4 Å². The molecular formula is C22H19ClFNO. The van der Waals surface area contributed by atoms with Gasteiger partial charge in [-0.25, -0.2) is 4.39 Å². The minimum absolute atomic E-state index is 0.0854. The molecular weight excluding hydrogens is 349 g/mol. The monoisotopic (exact) mass is 367 g/mol. The molecule has 26 heavy (non-hydrogen) atoms. The van der Waals surface area contributed by atoms with Crippen molar-refractivity contribution < 1.29 is 9.18 Å². The van der Waals surface area contributed by atoms with Gasteiger partial charge < -0.3 is 5.32 Å². The van der Waals surface area contributed by atoms with Gasteiger partial charge in [-0.1, -0.05) is 72.3 Å². The van der Waals surface area contributed by atoms with E-state index in [0.717, 1.165) is 16.7 Å². The summed E-state index contributed by atoms with van der Waals surface area (Å²) in [6, 6.07) is 22.4. The molecule has 0 aliphatic rings. The molecule has 0 aromatic heterocycles. The Morgan fingerprint density at radius 1 is 0.962 bits per heavy atom. The lowest BCUT2D eigenvalue weighted by Crippen LogP contribution is -2.28. The topological polar surface area (TPSA) is 29.1 Å². The maximum Gasteiger partial charge on any atom is 0.225 e. The average Bonchev–Trinajstić information content (AvgIpc) is 2.66. The van der Waals surface area contributed by atoms with E-state index in [1.54, 1.807) is 6.07 Å². The first-order valence-electron chi connectivity index (χ1n) is 8.42. The summed E-state index contributed by atoms with van der Waals surface area (Å²) >= 11 is 5.98. The van der Waals surface area contributed by atoms with Crippen molar-refractivity contribution in [2.75, 3.05) is 0 Å². The largest absolute Gasteiger partial charge is 0.349 e. The minimum Gasteiger partial charge on any atom is -0.349 e. The molecule has 3 rings (SSSR count). The van der Waals surface area contributed by atoms with E-state index in [4.69, 9.17) is 11.6 Å². The van der Waals surface area contributed by atoms with E-state index in [0.29, 0.717) is 0 Å². The molecule has 3 aromatic rings. The molecule has 0 unspecified atom stereocenters. The van der Waals surface area contributed by atoms with Gasteiger partial charge in [-0.15, -0.1) is 0 Å². The molecule has 0 fully saturated rings. The van der Waals surface area contributed by atoms with Gasteiger partial charge in [-0.2, -0.15) is 0 Å². The van der Waals surface area contributed by atoms with Gasteiger partial charge in [0.2, 0.25) is 5.91 Å². The van der Waals surface area contributed by atoms with Crippen LogP contribution in [0.4, 0.5) is 4.39 Å². The third-order valence-corrected chi connectivity index (χ3v) is 4.65. The number of nitrogens with one attached hydrogen (secondary N) is 1. The highest BCUT2D eigenvalue weighted by Crippen LogP contribution is 2.23. The average molecular weight is 368 g/mol. The van der Waals surface area contributed by atoms with Crippen LogP contribution in [0, 0.1) is 5.82 Å². The molecule has 1 atom stereocenters. The Morgan fingerprint density at radius 3 is 2.27 bits per heavy atom. The molecule has 4 heteroatoms. The highest BCUT2D eigenvalue weighted by molar-refractivity contribution is 6.31. The van der Waals surface area contributed by atoms with Crippen LogP contribution in [0.1, 0.15) is 24.1 Å². The Kier molecular flexibility index (Phi) is 5.69. The van der Waals surface area contributed by atoms with Crippen LogP contribution in [-0.4, -0.2) is 5.91 Å². The molecule has 0 saturated heterocycles. The number of carbonyl (C=O) groups excluding carboxylic acids is 1. The summed E-state index contributed by atoms with van der Waals surface area (Å²) in [7, 11) is 0. The Labute approximate surface area is 157 Å². The Bertz CT molecular complexity index is 874. The smallest absolute Gasteiger partial charge is 0.225 e. The first-order valence-corrected chi connectivity index (χ1v) is 8.80. The molecule has 3 aromatic carbocycles. The van der Waals surface area contributed by atoms with Gasteiger partial charge >= 0.3 is 0 Å². The van der Waals surface area contributed by atoms with E-state index in [9.17, 15) is 9.18 Å². The van der Waals surface area contributed by atoms with E-state index in [-0.39, 0.29) is 29.0 Å². The predicted octanol–water partition coefficient (Wildman–Crippen LogP) is 5.57. The first-order chi connectivity index (χ1) is 12.5. The zero-order valence-corrected chi connectivity index (χ0v) is 15.1. The van der Waals surface area contributed by atoms with Crippen LogP contribution < -0.4 is 5.32 Å². The number of hydrogen-bond donors (Lipinski definition) is 1. The SMILES string of the molecule is C[C@H](NC(=O)Cc1c(F)cccc1Cl)c1ccc(-c2ccccc2)cc1. The van der Waals surface area contributed by atoms with Gasteiger partial charge in [0.05, 0.1) is 12.5 Å². The summed E-state index contributed by atoms with van der Waals surface area (Å²) in [5.74, 6) is -0.732. The lowest BCUT2D eigenvalue weighted by Gasteiger charge is -2.15. The van der Waals surface area contributed by atoms with Crippen LogP contribution in [-0.2, 0) is 11.2 Å². The molecule has 0 bridgehead atoms. The van der Waals surface area contributed by atoms with Crippen molar-refractivity contribution >= 4 is 17.5 Å². The third kappa shape index (κ3) is 4.30. The number of carbonyl (C=O) groups is 1. The van der Waals surface area contributed by atoms with Crippen molar-refractivity contribution in [3.05, 3.63) is 94.8 Å². The fraction of sp³-hybridized carbons (Fsp3) is 0.136. The van der Waals surface area contributed by atoms with Gasteiger partial charge in [-0.3, -0.25) is 4.79 Å². The van der Waals surface area contributed by atoms with Gasteiger partial charge in [0.15, 0.2) is 0 Å². The van der Waals surface area contributed by atoms with Crippen LogP contribution in [0.25, 0.3) is 11.1 Å². The molecule has 0 heterocycles. The molecule has 1 N–H and O–H groups in total. The molecule has 0 radical (unpaired) electrons. The minimum atomic E-state index is -0.465. The van der Waals surface area contributed by atoms with Crippen molar-refractivity contribution in [2.24, 2.45) is 0 Å². The summed E-state index contributed by atoms with van der Waals surface area (Å²) in [4.78, 5) is 12.3. The zero-order valence-electron chi connectivity index (χ0n) is 14.4. The molecule has 0 spiro atoms. The van der Waals surface area contributed by atoms with Crippen LogP contribution in [0.3, 0.4) is 0 Å². The number of rotatable bonds is 5. The second-order valence-electron chi connectivity index (χ2n) is 6.15. The van der Waals surface area contributed by atoms with E-state index in [1.165, 1.54) is 12.1 Å². The molecule has 132 valence electrons. The van der Waals surface area contributed by atoms with Crippen molar-refractivity contribution in [1.29, 1.82) is 0 Å². The Balaban J connectivity index is 1.66. The van der Waals surface area contributed by atoms with Gasteiger partial charge in [-0.05, 0) is 35.7 Å². The fourth-order valence-corrected chi connectivity index (χ4v) is 3.06. The van der Waals surface area contributed by atoms with E-state index in [1.807, 2.05) is 49.4 Å². The van der Waals surface area contributed by atoms with Gasteiger partial charge in [0.25, 0.3) is 0 Å². The zero-order chi connectivity index (χ0) is 18.5. The van der Waals surface area contributed by atoms with Gasteiger partial charge in [0, 0.05) is 10.6 Å². The second-order valence-corrected chi connectivity index (χ2v) is 6.56. The van der Waals surface area contributed by atoms with E-state index < -0.39 is 5.82 Å². The van der Waals surface area contributed by atoms with Crippen LogP contribution >= 0.6 is 11.6 Å². The van der Waals surface area contributed by atoms with Crippen molar-refractivity contribution in [3.8, 4) is 11.1 Å². The maximum atomic E-state index is 13.8. The Hall–Kier alpha value is -2.65. The van der Waals surface area contributed by atoms with Crippen molar-refractivity contribution in [3.63, 3.8) is 0 Å². The summed E-state index contributed by atoms with van der Waals surface area (Å²) in [5.41, 5.74) is 3.46. The van der Waals surface area contributed by atoms with Crippen LogP contribution in [0.2, 0.25) is 5.02 Å². The predicted molar refractivity (Wildman–Crippen MR) is 104 cm³/mol. The number of hydrogen-bond acceptors (Lipinski definition) is 1. The lowest BCUT2D eigenvalue weighted by molar-refractivity contribution is -0.121. The summed E-state index contributed by atoms with van der Waals surface area (Å²) < 4.78 is 13.8. The van der Waals surface area contributed by atoms with E-state index >= 15 is 0 Å². The van der Waals surface area contributed by atoms with Crippen LogP contribution in [0.5, 0.6) is 0 Å². The van der Waals surface area contributed by atoms with Crippen LogP contribution in [0.15, 0.2) is 72.8 Å². The summed E-state index contributed by atoms with van der Waals surface area (Å²) in [6.07, 6.45) is -0.0854. The Morgan fingerprint density at radius 2 is 1.62 bits per heavy atom. The van der Waals surface area contributed by atoms with Gasteiger partial charge in [0.1, 0.15) is 5.82 Å². The maximum absolute atomic E-state index is 13.8. The third-order valence-electron chi connectivity index (χ3n) is 4.29. The highest BCUT2D eigenvalue weighted by Gasteiger charge is 2.14. The first kappa shape index (κ1) is 18.2. The molecule has 1 amide bonds. The second kappa shape index (κ2) is 8.15.